The first-order valence-electron chi connectivity index (χ1n) is 5.10. The first kappa shape index (κ1) is 12.4. The van der Waals surface area contributed by atoms with Crippen LogP contribution in [-0.2, 0) is 9.59 Å². The summed E-state index contributed by atoms with van der Waals surface area (Å²) in [6, 6.07) is 9.06. The molecule has 1 saturated heterocycles. The van der Waals surface area contributed by atoms with Gasteiger partial charge in [0.05, 0.1) is 4.91 Å². The maximum atomic E-state index is 11.8. The van der Waals surface area contributed by atoms with E-state index in [1.165, 1.54) is 0 Å². The summed E-state index contributed by atoms with van der Waals surface area (Å²) in [6.07, 6.45) is 1.58. The van der Waals surface area contributed by atoms with E-state index in [2.05, 4.69) is 0 Å². The van der Waals surface area contributed by atoms with Crippen molar-refractivity contribution in [2.24, 2.45) is 0 Å². The Balaban J connectivity index is 2.23. The number of carbonyl (C=O) groups is 3. The van der Waals surface area contributed by atoms with E-state index in [0.717, 1.165) is 22.2 Å². The molecule has 6 heteroatoms. The fraction of sp³-hybridized carbons (Fsp3) is 0.0833. The summed E-state index contributed by atoms with van der Waals surface area (Å²) in [5.74, 6) is -1.77. The van der Waals surface area contributed by atoms with Gasteiger partial charge in [-0.3, -0.25) is 19.3 Å². The van der Waals surface area contributed by atoms with Crippen molar-refractivity contribution in [2.45, 2.75) is 0 Å². The number of imide groups is 1. The molecule has 1 aliphatic rings. The summed E-state index contributed by atoms with van der Waals surface area (Å²) in [4.78, 5) is 34.8. The van der Waals surface area contributed by atoms with Crippen LogP contribution in [0.5, 0.6) is 0 Å². The van der Waals surface area contributed by atoms with Crippen molar-refractivity contribution in [1.29, 1.82) is 0 Å². The van der Waals surface area contributed by atoms with Crippen LogP contribution < -0.4 is 0 Å². The molecule has 0 aromatic heterocycles. The van der Waals surface area contributed by atoms with Gasteiger partial charge in [-0.25, -0.2) is 0 Å². The van der Waals surface area contributed by atoms with Gasteiger partial charge < -0.3 is 5.11 Å². The maximum absolute atomic E-state index is 11.8. The quantitative estimate of drug-likeness (QED) is 0.842. The van der Waals surface area contributed by atoms with Crippen LogP contribution in [0.2, 0.25) is 0 Å². The van der Waals surface area contributed by atoms with Crippen LogP contribution in [0.4, 0.5) is 4.79 Å². The highest BCUT2D eigenvalue weighted by atomic mass is 32.2. The number of carbonyl (C=O) groups excluding carboxylic acids is 2. The second-order valence-electron chi connectivity index (χ2n) is 3.57. The van der Waals surface area contributed by atoms with Crippen LogP contribution in [0.25, 0.3) is 6.08 Å². The smallest absolute Gasteiger partial charge is 0.323 e. The zero-order valence-corrected chi connectivity index (χ0v) is 10.0. The molecule has 0 bridgehead atoms. The molecular weight excluding hydrogens is 254 g/mol. The van der Waals surface area contributed by atoms with Gasteiger partial charge in [0.1, 0.15) is 6.54 Å². The van der Waals surface area contributed by atoms with E-state index >= 15 is 0 Å². The lowest BCUT2D eigenvalue weighted by Gasteiger charge is -2.07. The van der Waals surface area contributed by atoms with Crippen LogP contribution in [0, 0.1) is 0 Å². The van der Waals surface area contributed by atoms with E-state index in [1.54, 1.807) is 18.2 Å². The SMILES string of the molecule is O=C(O)CN1C(=O)S/C(=C\c2ccccc2)C1=O. The minimum Gasteiger partial charge on any atom is -0.480 e. The number of amides is 2. The molecule has 0 radical (unpaired) electrons. The van der Waals surface area contributed by atoms with Crippen molar-refractivity contribution in [2.75, 3.05) is 6.54 Å². The zero-order chi connectivity index (χ0) is 13.1. The van der Waals surface area contributed by atoms with Gasteiger partial charge in [-0.15, -0.1) is 0 Å². The predicted octanol–water partition coefficient (Wildman–Crippen LogP) is 1.81. The highest BCUT2D eigenvalue weighted by Gasteiger charge is 2.36. The molecule has 1 N–H and O–H groups in total. The second kappa shape index (κ2) is 5.05. The third-order valence-electron chi connectivity index (χ3n) is 2.26. The number of benzene rings is 1. The summed E-state index contributed by atoms with van der Waals surface area (Å²) in [7, 11) is 0. The summed E-state index contributed by atoms with van der Waals surface area (Å²) >= 11 is 0.754. The number of hydrogen-bond donors (Lipinski definition) is 1. The fourth-order valence-corrected chi connectivity index (χ4v) is 2.31. The van der Waals surface area contributed by atoms with E-state index < -0.39 is 23.7 Å². The average Bonchev–Trinajstić information content (AvgIpc) is 2.58. The highest BCUT2D eigenvalue weighted by Crippen LogP contribution is 2.31. The van der Waals surface area contributed by atoms with Gasteiger partial charge in [-0.2, -0.15) is 0 Å². The van der Waals surface area contributed by atoms with Crippen LogP contribution in [-0.4, -0.2) is 33.7 Å². The average molecular weight is 263 g/mol. The molecule has 5 nitrogen and oxygen atoms in total. The number of rotatable bonds is 3. The van der Waals surface area contributed by atoms with Gasteiger partial charge in [0.2, 0.25) is 0 Å². The van der Waals surface area contributed by atoms with Gasteiger partial charge in [-0.05, 0) is 23.4 Å². The summed E-state index contributed by atoms with van der Waals surface area (Å²) in [6.45, 7) is -0.600. The van der Waals surface area contributed by atoms with Gasteiger partial charge in [0.15, 0.2) is 0 Å². The largest absolute Gasteiger partial charge is 0.480 e. The van der Waals surface area contributed by atoms with Gasteiger partial charge in [0, 0.05) is 0 Å². The van der Waals surface area contributed by atoms with E-state index in [1.807, 2.05) is 18.2 Å². The Kier molecular flexibility index (Phi) is 3.47. The molecule has 1 aromatic rings. The Bertz CT molecular complexity index is 538. The normalized spacial score (nSPS) is 17.6. The summed E-state index contributed by atoms with van der Waals surface area (Å²) in [5, 5.41) is 8.06. The van der Waals surface area contributed by atoms with Gasteiger partial charge >= 0.3 is 5.97 Å². The lowest BCUT2D eigenvalue weighted by molar-refractivity contribution is -0.140. The molecule has 18 heavy (non-hydrogen) atoms. The van der Waals surface area contributed by atoms with E-state index in [9.17, 15) is 14.4 Å². The molecule has 2 amide bonds. The molecule has 1 heterocycles. The fourth-order valence-electron chi connectivity index (χ4n) is 1.47. The molecule has 0 saturated carbocycles. The Labute approximate surface area is 107 Å². The molecule has 0 spiro atoms. The molecule has 92 valence electrons. The van der Waals surface area contributed by atoms with Crippen molar-refractivity contribution in [3.8, 4) is 0 Å². The minimum atomic E-state index is -1.21. The molecule has 0 unspecified atom stereocenters. The van der Waals surface area contributed by atoms with Crippen molar-refractivity contribution in [1.82, 2.24) is 4.90 Å². The van der Waals surface area contributed by atoms with Crippen molar-refractivity contribution in [3.63, 3.8) is 0 Å². The molecular formula is C12H9NO4S. The first-order chi connectivity index (χ1) is 8.58. The molecule has 0 aliphatic carbocycles. The zero-order valence-electron chi connectivity index (χ0n) is 9.20. The third-order valence-corrected chi connectivity index (χ3v) is 3.17. The topological polar surface area (TPSA) is 74.7 Å². The monoisotopic (exact) mass is 263 g/mol. The summed E-state index contributed by atoms with van der Waals surface area (Å²) in [5.41, 5.74) is 0.790. The number of hydrogen-bond acceptors (Lipinski definition) is 4. The maximum Gasteiger partial charge on any atom is 0.323 e. The van der Waals surface area contributed by atoms with Crippen LogP contribution in [0.3, 0.4) is 0 Å². The number of nitrogens with zero attached hydrogens (tertiary/aromatic N) is 1. The van der Waals surface area contributed by atoms with E-state index in [-0.39, 0.29) is 4.91 Å². The highest BCUT2D eigenvalue weighted by molar-refractivity contribution is 8.18. The van der Waals surface area contributed by atoms with Crippen molar-refractivity contribution in [3.05, 3.63) is 40.8 Å². The number of aliphatic carboxylic acids is 1. The minimum absolute atomic E-state index is 0.243. The first-order valence-corrected chi connectivity index (χ1v) is 5.92. The molecule has 1 fully saturated rings. The van der Waals surface area contributed by atoms with Crippen LogP contribution in [0.15, 0.2) is 35.2 Å². The van der Waals surface area contributed by atoms with Crippen LogP contribution in [0.1, 0.15) is 5.56 Å². The Hall–Kier alpha value is -2.08. The molecule has 0 atom stereocenters. The lowest BCUT2D eigenvalue weighted by atomic mass is 10.2. The Morgan fingerprint density at radius 3 is 2.56 bits per heavy atom. The Morgan fingerprint density at radius 2 is 1.94 bits per heavy atom. The molecule has 1 aliphatic heterocycles. The second-order valence-corrected chi connectivity index (χ2v) is 4.57. The van der Waals surface area contributed by atoms with Crippen molar-refractivity contribution >= 4 is 35.0 Å². The van der Waals surface area contributed by atoms with E-state index in [0.29, 0.717) is 0 Å². The van der Waals surface area contributed by atoms with Crippen molar-refractivity contribution < 1.29 is 19.5 Å². The van der Waals surface area contributed by atoms with Gasteiger partial charge in [0.25, 0.3) is 11.1 Å². The lowest BCUT2D eigenvalue weighted by Crippen LogP contribution is -2.33. The third kappa shape index (κ3) is 2.60. The standard InChI is InChI=1S/C12H9NO4S/c14-10(15)7-13-11(16)9(18-12(13)17)6-8-4-2-1-3-5-8/h1-6H,7H2,(H,14,15)/b9-6-. The van der Waals surface area contributed by atoms with Gasteiger partial charge in [-0.1, -0.05) is 30.3 Å². The van der Waals surface area contributed by atoms with Crippen LogP contribution >= 0.6 is 11.8 Å². The molecule has 1 aromatic carbocycles. The Morgan fingerprint density at radius 1 is 1.28 bits per heavy atom. The summed E-state index contributed by atoms with van der Waals surface area (Å²) < 4.78 is 0. The predicted molar refractivity (Wildman–Crippen MR) is 66.8 cm³/mol. The van der Waals surface area contributed by atoms with E-state index in [4.69, 9.17) is 5.11 Å². The number of thioether (sulfide) groups is 1. The number of carboxylic acid groups (broad SMARTS) is 1. The molecule has 2 rings (SSSR count). The number of carboxylic acids is 1.